The van der Waals surface area contributed by atoms with Gasteiger partial charge in [-0.2, -0.15) is 5.10 Å². The number of aryl methyl sites for hydroxylation is 2. The van der Waals surface area contributed by atoms with Gasteiger partial charge in [-0.05, 0) is 57.7 Å². The van der Waals surface area contributed by atoms with Gasteiger partial charge < -0.3 is 10.0 Å². The predicted molar refractivity (Wildman–Crippen MR) is 91.2 cm³/mol. The summed E-state index contributed by atoms with van der Waals surface area (Å²) < 4.78 is 1.78. The van der Waals surface area contributed by atoms with E-state index in [0.717, 1.165) is 49.4 Å². The van der Waals surface area contributed by atoms with Gasteiger partial charge in [0.15, 0.2) is 5.82 Å². The molecule has 1 amide bonds. The largest absolute Gasteiger partial charge is 0.396 e. The van der Waals surface area contributed by atoms with Crippen LogP contribution in [0.15, 0.2) is 24.4 Å². The molecule has 2 aromatic rings. The summed E-state index contributed by atoms with van der Waals surface area (Å²) in [6.45, 7) is 4.89. The molecule has 2 aromatic heterocycles. The first-order valence-electron chi connectivity index (χ1n) is 8.51. The molecule has 24 heavy (non-hydrogen) atoms. The summed E-state index contributed by atoms with van der Waals surface area (Å²) in [6, 6.07) is 5.89. The maximum Gasteiger partial charge on any atom is 0.255 e. The van der Waals surface area contributed by atoms with Crippen LogP contribution in [-0.4, -0.2) is 49.9 Å². The van der Waals surface area contributed by atoms with Crippen LogP contribution < -0.4 is 0 Å². The molecule has 1 N–H and O–H groups in total. The van der Waals surface area contributed by atoms with Gasteiger partial charge in [-0.3, -0.25) is 4.79 Å². The second-order valence-corrected chi connectivity index (χ2v) is 6.40. The van der Waals surface area contributed by atoms with Gasteiger partial charge in [0.2, 0.25) is 0 Å². The Morgan fingerprint density at radius 2 is 2.21 bits per heavy atom. The minimum absolute atomic E-state index is 0.0304. The Morgan fingerprint density at radius 1 is 1.38 bits per heavy atom. The third-order valence-electron chi connectivity index (χ3n) is 4.55. The molecule has 0 radical (unpaired) electrons. The number of aliphatic hydroxyl groups excluding tert-OH is 1. The molecule has 1 unspecified atom stereocenters. The minimum atomic E-state index is 0.0304. The number of hydrogen-bond acceptors (Lipinski definition) is 4. The number of carbonyl (C=O) groups is 1. The molecule has 0 aliphatic carbocycles. The first-order chi connectivity index (χ1) is 11.6. The fraction of sp³-hybridized carbons (Fsp3) is 0.500. The number of aromatic nitrogens is 3. The average Bonchev–Trinajstić information content (AvgIpc) is 3.18. The van der Waals surface area contributed by atoms with E-state index >= 15 is 0 Å². The van der Waals surface area contributed by atoms with E-state index in [1.807, 2.05) is 36.9 Å². The summed E-state index contributed by atoms with van der Waals surface area (Å²) in [5, 5.41) is 13.4. The molecule has 6 nitrogen and oxygen atoms in total. The second kappa shape index (κ2) is 7.13. The molecule has 3 rings (SSSR count). The molecule has 1 atom stereocenters. The van der Waals surface area contributed by atoms with Crippen molar-refractivity contribution >= 4 is 5.91 Å². The summed E-state index contributed by atoms with van der Waals surface area (Å²) in [5.41, 5.74) is 2.57. The third kappa shape index (κ3) is 3.33. The topological polar surface area (TPSA) is 71.2 Å². The first-order valence-corrected chi connectivity index (χ1v) is 8.51. The van der Waals surface area contributed by atoms with E-state index in [0.29, 0.717) is 5.56 Å². The predicted octanol–water partition coefficient (Wildman–Crippen LogP) is 2.26. The van der Waals surface area contributed by atoms with Gasteiger partial charge >= 0.3 is 0 Å². The molecule has 3 heterocycles. The molecule has 1 saturated heterocycles. The summed E-state index contributed by atoms with van der Waals surface area (Å²) in [5.74, 6) is 0.748. The Balaban J connectivity index is 1.75. The molecule has 1 fully saturated rings. The Morgan fingerprint density at radius 3 is 2.83 bits per heavy atom. The molecule has 0 saturated carbocycles. The quantitative estimate of drug-likeness (QED) is 0.914. The lowest BCUT2D eigenvalue weighted by Gasteiger charge is -2.24. The number of pyridine rings is 1. The highest BCUT2D eigenvalue weighted by Gasteiger charge is 2.29. The van der Waals surface area contributed by atoms with E-state index in [4.69, 9.17) is 5.11 Å². The molecule has 0 spiro atoms. The molecular weight excluding hydrogens is 304 g/mol. The molecule has 0 bridgehead atoms. The number of nitrogens with zero attached hydrogens (tertiary/aromatic N) is 4. The maximum atomic E-state index is 12.7. The highest BCUT2D eigenvalue weighted by atomic mass is 16.3. The SMILES string of the molecule is Cc1cc(C)n(-c2ccc(C(=O)N3CCCC3CCCO)cn2)n1. The zero-order chi connectivity index (χ0) is 17.1. The van der Waals surface area contributed by atoms with Crippen molar-refractivity contribution in [2.45, 2.75) is 45.6 Å². The highest BCUT2D eigenvalue weighted by Crippen LogP contribution is 2.23. The van der Waals surface area contributed by atoms with E-state index in [9.17, 15) is 4.79 Å². The van der Waals surface area contributed by atoms with Crippen molar-refractivity contribution in [3.05, 3.63) is 41.3 Å². The maximum absolute atomic E-state index is 12.7. The lowest BCUT2D eigenvalue weighted by atomic mass is 10.1. The van der Waals surface area contributed by atoms with Crippen LogP contribution in [-0.2, 0) is 0 Å². The van der Waals surface area contributed by atoms with Gasteiger partial charge in [-0.25, -0.2) is 9.67 Å². The van der Waals surface area contributed by atoms with Gasteiger partial charge in [-0.15, -0.1) is 0 Å². The fourth-order valence-corrected chi connectivity index (χ4v) is 3.39. The van der Waals surface area contributed by atoms with Gasteiger partial charge in [0.25, 0.3) is 5.91 Å². The van der Waals surface area contributed by atoms with Gasteiger partial charge in [-0.1, -0.05) is 0 Å². The van der Waals surface area contributed by atoms with E-state index < -0.39 is 0 Å². The van der Waals surface area contributed by atoms with Crippen molar-refractivity contribution in [2.24, 2.45) is 0 Å². The Kier molecular flexibility index (Phi) is 4.94. The van der Waals surface area contributed by atoms with E-state index in [1.165, 1.54) is 0 Å². The van der Waals surface area contributed by atoms with E-state index in [1.54, 1.807) is 10.9 Å². The summed E-state index contributed by atoms with van der Waals surface area (Å²) in [4.78, 5) is 19.1. The molecular formula is C18H24N4O2. The van der Waals surface area contributed by atoms with Crippen LogP contribution in [0.25, 0.3) is 5.82 Å². The van der Waals surface area contributed by atoms with Gasteiger partial charge in [0, 0.05) is 31.1 Å². The van der Waals surface area contributed by atoms with Crippen molar-refractivity contribution in [1.82, 2.24) is 19.7 Å². The lowest BCUT2D eigenvalue weighted by molar-refractivity contribution is 0.0724. The first kappa shape index (κ1) is 16.6. The Bertz CT molecular complexity index is 708. The number of likely N-dealkylation sites (tertiary alicyclic amines) is 1. The van der Waals surface area contributed by atoms with Crippen LogP contribution in [0.4, 0.5) is 0 Å². The van der Waals surface area contributed by atoms with Crippen molar-refractivity contribution < 1.29 is 9.90 Å². The highest BCUT2D eigenvalue weighted by molar-refractivity contribution is 5.94. The van der Waals surface area contributed by atoms with Crippen molar-refractivity contribution in [1.29, 1.82) is 0 Å². The normalized spacial score (nSPS) is 17.5. The number of rotatable bonds is 5. The van der Waals surface area contributed by atoms with E-state index in [-0.39, 0.29) is 18.6 Å². The monoisotopic (exact) mass is 328 g/mol. The molecule has 1 aliphatic rings. The molecule has 128 valence electrons. The van der Waals surface area contributed by atoms with Crippen LogP contribution in [0.3, 0.4) is 0 Å². The van der Waals surface area contributed by atoms with Gasteiger partial charge in [0.05, 0.1) is 11.3 Å². The van der Waals surface area contributed by atoms with Crippen molar-refractivity contribution in [3.8, 4) is 5.82 Å². The standard InChI is InChI=1S/C18H24N4O2/c1-13-11-14(2)22(20-13)17-8-7-15(12-19-17)18(24)21-9-3-5-16(21)6-4-10-23/h7-8,11-12,16,23H,3-6,9-10H2,1-2H3. The van der Waals surface area contributed by atoms with Crippen molar-refractivity contribution in [3.63, 3.8) is 0 Å². The fourth-order valence-electron chi connectivity index (χ4n) is 3.39. The number of amides is 1. The van der Waals surface area contributed by atoms with E-state index in [2.05, 4.69) is 10.1 Å². The van der Waals surface area contributed by atoms with Crippen LogP contribution >= 0.6 is 0 Å². The summed E-state index contributed by atoms with van der Waals surface area (Å²) in [7, 11) is 0. The van der Waals surface area contributed by atoms with Crippen LogP contribution in [0.2, 0.25) is 0 Å². The number of carbonyl (C=O) groups excluding carboxylic acids is 1. The molecule has 0 aromatic carbocycles. The zero-order valence-corrected chi connectivity index (χ0v) is 14.3. The van der Waals surface area contributed by atoms with Crippen LogP contribution in [0, 0.1) is 13.8 Å². The van der Waals surface area contributed by atoms with Crippen LogP contribution in [0.1, 0.15) is 47.4 Å². The summed E-state index contributed by atoms with van der Waals surface area (Å²) in [6.07, 6.45) is 5.28. The molecule has 6 heteroatoms. The Hall–Kier alpha value is -2.21. The Labute approximate surface area is 142 Å². The zero-order valence-electron chi connectivity index (χ0n) is 14.3. The van der Waals surface area contributed by atoms with Gasteiger partial charge in [0.1, 0.15) is 0 Å². The molecule has 1 aliphatic heterocycles. The minimum Gasteiger partial charge on any atom is -0.396 e. The lowest BCUT2D eigenvalue weighted by Crippen LogP contribution is -2.35. The number of aliphatic hydroxyl groups is 1. The summed E-state index contributed by atoms with van der Waals surface area (Å²) >= 11 is 0. The third-order valence-corrected chi connectivity index (χ3v) is 4.55. The average molecular weight is 328 g/mol. The number of hydrogen-bond donors (Lipinski definition) is 1. The smallest absolute Gasteiger partial charge is 0.255 e. The second-order valence-electron chi connectivity index (χ2n) is 6.40. The van der Waals surface area contributed by atoms with Crippen molar-refractivity contribution in [2.75, 3.05) is 13.2 Å². The van der Waals surface area contributed by atoms with Crippen LogP contribution in [0.5, 0.6) is 0 Å².